The molecule has 100 valence electrons. The molecular weight excluding hydrogens is 232 g/mol. The highest BCUT2D eigenvalue weighted by Gasteiger charge is 2.44. The van der Waals surface area contributed by atoms with Crippen molar-refractivity contribution >= 4 is 16.5 Å². The van der Waals surface area contributed by atoms with Gasteiger partial charge in [-0.05, 0) is 52.8 Å². The number of nitrogens with one attached hydrogen (secondary N) is 1. The summed E-state index contributed by atoms with van der Waals surface area (Å²) in [5.41, 5.74) is 8.77. The Morgan fingerprint density at radius 1 is 1.21 bits per heavy atom. The fourth-order valence-corrected chi connectivity index (χ4v) is 2.76. The topological polar surface area (TPSA) is 38.0 Å². The number of anilines is 1. The van der Waals surface area contributed by atoms with Crippen molar-refractivity contribution in [3.63, 3.8) is 0 Å². The van der Waals surface area contributed by atoms with Gasteiger partial charge in [0.15, 0.2) is 0 Å². The summed E-state index contributed by atoms with van der Waals surface area (Å²) in [6.45, 7) is 6.63. The highest BCUT2D eigenvalue weighted by Crippen LogP contribution is 2.51. The van der Waals surface area contributed by atoms with Gasteiger partial charge in [0.05, 0.1) is 0 Å². The Hall–Kier alpha value is -1.54. The average molecular weight is 254 g/mol. The summed E-state index contributed by atoms with van der Waals surface area (Å²) < 4.78 is 0. The van der Waals surface area contributed by atoms with E-state index in [1.807, 2.05) is 0 Å². The second-order valence-corrected chi connectivity index (χ2v) is 6.42. The van der Waals surface area contributed by atoms with E-state index < -0.39 is 0 Å². The minimum Gasteiger partial charge on any atom is -0.398 e. The molecule has 0 amide bonds. The van der Waals surface area contributed by atoms with Gasteiger partial charge in [-0.25, -0.2) is 0 Å². The molecule has 1 fully saturated rings. The van der Waals surface area contributed by atoms with Crippen LogP contribution in [-0.4, -0.2) is 6.54 Å². The van der Waals surface area contributed by atoms with E-state index in [2.05, 4.69) is 55.6 Å². The first-order valence-electron chi connectivity index (χ1n) is 7.04. The zero-order valence-corrected chi connectivity index (χ0v) is 11.7. The molecule has 0 radical (unpaired) electrons. The van der Waals surface area contributed by atoms with Crippen LogP contribution < -0.4 is 11.1 Å². The Labute approximate surface area is 115 Å². The molecule has 2 aromatic carbocycles. The molecular formula is C17H22N2. The van der Waals surface area contributed by atoms with Crippen LogP contribution in [0, 0.1) is 11.3 Å². The lowest BCUT2D eigenvalue weighted by molar-refractivity contribution is 0.520. The number of nitrogens with two attached hydrogens (primary N) is 1. The quantitative estimate of drug-likeness (QED) is 0.819. The fraction of sp³-hybridized carbons (Fsp3) is 0.412. The molecule has 1 unspecified atom stereocenters. The van der Waals surface area contributed by atoms with Gasteiger partial charge >= 0.3 is 0 Å². The molecule has 3 N–H and O–H groups in total. The third-order valence-corrected chi connectivity index (χ3v) is 4.43. The molecule has 0 aromatic heterocycles. The lowest BCUT2D eigenvalue weighted by atomic mass is 10.0. The number of benzene rings is 2. The van der Waals surface area contributed by atoms with E-state index in [-0.39, 0.29) is 0 Å². The Bertz CT molecular complexity index is 601. The van der Waals surface area contributed by atoms with Gasteiger partial charge in [-0.2, -0.15) is 0 Å². The molecule has 19 heavy (non-hydrogen) atoms. The number of fused-ring (bicyclic) bond motifs is 1. The van der Waals surface area contributed by atoms with Crippen LogP contribution in [0.5, 0.6) is 0 Å². The van der Waals surface area contributed by atoms with Crippen molar-refractivity contribution in [2.24, 2.45) is 11.3 Å². The molecule has 1 aliphatic carbocycles. The van der Waals surface area contributed by atoms with Crippen molar-refractivity contribution in [1.29, 1.82) is 0 Å². The Morgan fingerprint density at radius 3 is 2.47 bits per heavy atom. The van der Waals surface area contributed by atoms with Crippen molar-refractivity contribution in [3.8, 4) is 0 Å². The largest absolute Gasteiger partial charge is 0.398 e. The number of rotatable bonds is 4. The standard InChI is InChI=1S/C17H22N2/c1-17(2)9-15(17)11-19-10-14-7-12-5-3-4-6-13(12)8-16(14)18/h3-8,15,19H,9-11,18H2,1-2H3. The van der Waals surface area contributed by atoms with Crippen LogP contribution in [0.4, 0.5) is 5.69 Å². The predicted octanol–water partition coefficient (Wildman–Crippen LogP) is 3.56. The van der Waals surface area contributed by atoms with Crippen molar-refractivity contribution in [1.82, 2.24) is 5.32 Å². The molecule has 1 saturated carbocycles. The van der Waals surface area contributed by atoms with Crippen LogP contribution in [0.15, 0.2) is 36.4 Å². The molecule has 0 bridgehead atoms. The molecule has 0 aliphatic heterocycles. The number of nitrogen functional groups attached to an aromatic ring is 1. The van der Waals surface area contributed by atoms with Gasteiger partial charge in [-0.3, -0.25) is 0 Å². The minimum absolute atomic E-state index is 0.544. The Balaban J connectivity index is 1.68. The van der Waals surface area contributed by atoms with Crippen molar-refractivity contribution in [2.45, 2.75) is 26.8 Å². The molecule has 2 nitrogen and oxygen atoms in total. The lowest BCUT2D eigenvalue weighted by Gasteiger charge is -2.10. The van der Waals surface area contributed by atoms with E-state index in [1.165, 1.54) is 22.8 Å². The summed E-state index contributed by atoms with van der Waals surface area (Å²) >= 11 is 0. The molecule has 0 spiro atoms. The van der Waals surface area contributed by atoms with Crippen LogP contribution in [-0.2, 0) is 6.54 Å². The number of hydrogen-bond donors (Lipinski definition) is 2. The summed E-state index contributed by atoms with van der Waals surface area (Å²) in [6.07, 6.45) is 1.34. The van der Waals surface area contributed by atoms with Gasteiger partial charge in [-0.1, -0.05) is 38.1 Å². The summed E-state index contributed by atoms with van der Waals surface area (Å²) in [6, 6.07) is 12.7. The normalized spacial score (nSPS) is 20.6. The molecule has 0 saturated heterocycles. The van der Waals surface area contributed by atoms with Gasteiger partial charge in [-0.15, -0.1) is 0 Å². The van der Waals surface area contributed by atoms with Gasteiger partial charge in [0.2, 0.25) is 0 Å². The molecule has 3 rings (SSSR count). The molecule has 1 aliphatic rings. The van der Waals surface area contributed by atoms with E-state index in [9.17, 15) is 0 Å². The van der Waals surface area contributed by atoms with Crippen LogP contribution in [0.1, 0.15) is 25.8 Å². The van der Waals surface area contributed by atoms with E-state index in [4.69, 9.17) is 5.73 Å². The van der Waals surface area contributed by atoms with Gasteiger partial charge < -0.3 is 11.1 Å². The van der Waals surface area contributed by atoms with Crippen LogP contribution in [0.3, 0.4) is 0 Å². The first-order valence-corrected chi connectivity index (χ1v) is 7.04. The summed E-state index contributed by atoms with van der Waals surface area (Å²) in [5.74, 6) is 0.828. The van der Waals surface area contributed by atoms with Crippen LogP contribution in [0.25, 0.3) is 10.8 Å². The summed E-state index contributed by atoms with van der Waals surface area (Å²) in [4.78, 5) is 0. The van der Waals surface area contributed by atoms with E-state index in [0.717, 1.165) is 24.7 Å². The zero-order valence-electron chi connectivity index (χ0n) is 11.7. The zero-order chi connectivity index (χ0) is 13.5. The van der Waals surface area contributed by atoms with Crippen molar-refractivity contribution in [3.05, 3.63) is 42.0 Å². The monoisotopic (exact) mass is 254 g/mol. The maximum atomic E-state index is 6.13. The summed E-state index contributed by atoms with van der Waals surface area (Å²) in [5, 5.41) is 6.02. The van der Waals surface area contributed by atoms with E-state index in [1.54, 1.807) is 0 Å². The van der Waals surface area contributed by atoms with Gasteiger partial charge in [0.25, 0.3) is 0 Å². The minimum atomic E-state index is 0.544. The average Bonchev–Trinajstić information content (AvgIpc) is 2.97. The predicted molar refractivity (Wildman–Crippen MR) is 82.0 cm³/mol. The Kier molecular flexibility index (Phi) is 2.98. The highest BCUT2D eigenvalue weighted by molar-refractivity contribution is 5.86. The van der Waals surface area contributed by atoms with Crippen molar-refractivity contribution in [2.75, 3.05) is 12.3 Å². The van der Waals surface area contributed by atoms with E-state index in [0.29, 0.717) is 5.41 Å². The SMILES string of the molecule is CC1(C)CC1CNCc1cc2ccccc2cc1N. The van der Waals surface area contributed by atoms with Gasteiger partial charge in [0.1, 0.15) is 0 Å². The third kappa shape index (κ3) is 2.59. The maximum Gasteiger partial charge on any atom is 0.0366 e. The van der Waals surface area contributed by atoms with E-state index >= 15 is 0 Å². The Morgan fingerprint density at radius 2 is 1.84 bits per heavy atom. The maximum absolute atomic E-state index is 6.13. The summed E-state index contributed by atoms with van der Waals surface area (Å²) in [7, 11) is 0. The molecule has 2 aromatic rings. The fourth-order valence-electron chi connectivity index (χ4n) is 2.76. The second kappa shape index (κ2) is 4.53. The first kappa shape index (κ1) is 12.5. The number of hydrogen-bond acceptors (Lipinski definition) is 2. The molecule has 2 heteroatoms. The first-order chi connectivity index (χ1) is 9.06. The third-order valence-electron chi connectivity index (χ3n) is 4.43. The molecule has 1 atom stereocenters. The lowest BCUT2D eigenvalue weighted by Crippen LogP contribution is -2.18. The molecule has 0 heterocycles. The van der Waals surface area contributed by atoms with Gasteiger partial charge in [0, 0.05) is 12.2 Å². The van der Waals surface area contributed by atoms with Crippen molar-refractivity contribution < 1.29 is 0 Å². The second-order valence-electron chi connectivity index (χ2n) is 6.42. The smallest absolute Gasteiger partial charge is 0.0366 e. The highest BCUT2D eigenvalue weighted by atomic mass is 14.9. The van der Waals surface area contributed by atoms with Crippen LogP contribution >= 0.6 is 0 Å². The van der Waals surface area contributed by atoms with Crippen LogP contribution in [0.2, 0.25) is 0 Å².